The summed E-state index contributed by atoms with van der Waals surface area (Å²) < 4.78 is 33.8. The Morgan fingerprint density at radius 3 is 2.66 bits per heavy atom. The molecule has 1 aliphatic rings. The first-order chi connectivity index (χ1) is 15.2. The Hall–Kier alpha value is -2.91. The Kier molecular flexibility index (Phi) is 7.52. The number of carbonyl (C=O) groups is 2. The molecule has 32 heavy (non-hydrogen) atoms. The lowest BCUT2D eigenvalue weighted by atomic mass is 10.0. The smallest absolute Gasteiger partial charge is 0.241 e. The van der Waals surface area contributed by atoms with E-state index in [2.05, 4.69) is 15.4 Å². The molecule has 2 aromatic carbocycles. The molecule has 0 aromatic heterocycles. The van der Waals surface area contributed by atoms with Gasteiger partial charge in [0.05, 0.1) is 12.0 Å². The zero-order valence-electron chi connectivity index (χ0n) is 18.5. The molecule has 0 saturated heterocycles. The Balaban J connectivity index is 1.73. The summed E-state index contributed by atoms with van der Waals surface area (Å²) in [5, 5.41) is 5.59. The molecule has 2 aromatic rings. The molecular weight excluding hydrogens is 430 g/mol. The van der Waals surface area contributed by atoms with Crippen LogP contribution in [0.25, 0.3) is 0 Å². The highest BCUT2D eigenvalue weighted by Crippen LogP contribution is 2.25. The van der Waals surface area contributed by atoms with Crippen molar-refractivity contribution in [3.8, 4) is 5.75 Å². The van der Waals surface area contributed by atoms with Crippen molar-refractivity contribution in [1.82, 2.24) is 10.0 Å². The molecule has 0 radical (unpaired) electrons. The zero-order chi connectivity index (χ0) is 23.3. The van der Waals surface area contributed by atoms with Crippen LogP contribution in [0.5, 0.6) is 5.75 Å². The second kappa shape index (κ2) is 10.1. The summed E-state index contributed by atoms with van der Waals surface area (Å²) in [6, 6.07) is 11.0. The van der Waals surface area contributed by atoms with Crippen molar-refractivity contribution in [3.05, 3.63) is 53.6 Å². The van der Waals surface area contributed by atoms with Gasteiger partial charge in [-0.1, -0.05) is 26.0 Å². The predicted octanol–water partition coefficient (Wildman–Crippen LogP) is 2.59. The third-order valence-electron chi connectivity index (χ3n) is 5.34. The van der Waals surface area contributed by atoms with E-state index in [1.54, 1.807) is 33.1 Å². The summed E-state index contributed by atoms with van der Waals surface area (Å²) in [5.74, 6) is -0.0778. The average molecular weight is 460 g/mol. The minimum atomic E-state index is -3.95. The van der Waals surface area contributed by atoms with Crippen LogP contribution in [0.1, 0.15) is 37.8 Å². The van der Waals surface area contributed by atoms with Crippen LogP contribution in [-0.4, -0.2) is 33.4 Å². The van der Waals surface area contributed by atoms with Crippen molar-refractivity contribution < 1.29 is 22.7 Å². The van der Waals surface area contributed by atoms with E-state index in [1.165, 1.54) is 6.07 Å². The van der Waals surface area contributed by atoms with Crippen LogP contribution in [0.2, 0.25) is 0 Å². The van der Waals surface area contributed by atoms with Gasteiger partial charge in [-0.05, 0) is 60.2 Å². The van der Waals surface area contributed by atoms with Gasteiger partial charge in [-0.15, -0.1) is 0 Å². The Labute approximate surface area is 188 Å². The van der Waals surface area contributed by atoms with E-state index in [4.69, 9.17) is 4.74 Å². The van der Waals surface area contributed by atoms with E-state index in [0.29, 0.717) is 30.7 Å². The number of methoxy groups -OCH3 is 1. The number of sulfonamides is 1. The van der Waals surface area contributed by atoms with Crippen molar-refractivity contribution in [3.63, 3.8) is 0 Å². The number of fused-ring (bicyclic) bond motifs is 1. The van der Waals surface area contributed by atoms with E-state index in [-0.39, 0.29) is 23.3 Å². The topological polar surface area (TPSA) is 114 Å². The van der Waals surface area contributed by atoms with Crippen molar-refractivity contribution in [1.29, 1.82) is 0 Å². The van der Waals surface area contributed by atoms with Crippen molar-refractivity contribution in [2.75, 3.05) is 12.4 Å². The summed E-state index contributed by atoms with van der Waals surface area (Å²) in [6.07, 6.45) is 1.65. The number of hydrogen-bond acceptors (Lipinski definition) is 5. The lowest BCUT2D eigenvalue weighted by molar-refractivity contribution is -0.123. The average Bonchev–Trinajstić information content (AvgIpc) is 2.95. The highest BCUT2D eigenvalue weighted by molar-refractivity contribution is 7.89. The SMILES string of the molecule is COc1cccc(CNC(=O)[C@@H](NS(=O)(=O)c2ccc3c(c2)CCCC(=O)N3)C(C)C)c1. The number of carbonyl (C=O) groups excluding carboxylic acids is 2. The molecule has 0 saturated carbocycles. The molecule has 0 aliphatic carbocycles. The molecule has 0 spiro atoms. The first-order valence-corrected chi connectivity index (χ1v) is 12.0. The molecule has 172 valence electrons. The minimum Gasteiger partial charge on any atom is -0.497 e. The molecule has 3 rings (SSSR count). The van der Waals surface area contributed by atoms with E-state index in [9.17, 15) is 18.0 Å². The molecule has 8 nitrogen and oxygen atoms in total. The van der Waals surface area contributed by atoms with Gasteiger partial charge in [0.2, 0.25) is 21.8 Å². The lowest BCUT2D eigenvalue weighted by Gasteiger charge is -2.22. The van der Waals surface area contributed by atoms with Gasteiger partial charge in [0, 0.05) is 18.7 Å². The quantitative estimate of drug-likeness (QED) is 0.562. The maximum absolute atomic E-state index is 13.1. The predicted molar refractivity (Wildman–Crippen MR) is 122 cm³/mol. The fourth-order valence-electron chi connectivity index (χ4n) is 3.53. The van der Waals surface area contributed by atoms with Crippen LogP contribution in [0, 0.1) is 5.92 Å². The van der Waals surface area contributed by atoms with Crippen LogP contribution >= 0.6 is 0 Å². The number of ether oxygens (including phenoxy) is 1. The number of rotatable bonds is 8. The summed E-state index contributed by atoms with van der Waals surface area (Å²) in [5.41, 5.74) is 2.24. The number of aryl methyl sites for hydroxylation is 1. The fourth-order valence-corrected chi connectivity index (χ4v) is 4.92. The Morgan fingerprint density at radius 1 is 1.16 bits per heavy atom. The van der Waals surface area contributed by atoms with Crippen molar-refractivity contribution in [2.45, 2.75) is 50.6 Å². The third kappa shape index (κ3) is 5.86. The standard InChI is InChI=1S/C23H29N3O5S/c1-15(2)22(23(28)24-14-16-6-4-8-18(12-16)31-3)26-32(29,30)19-10-11-20-17(13-19)7-5-9-21(27)25-20/h4,6,8,10-13,15,22,26H,5,7,9,14H2,1-3H3,(H,24,28)(H,25,27)/t22-/m0/s1. The number of nitrogens with one attached hydrogen (secondary N) is 3. The highest BCUT2D eigenvalue weighted by Gasteiger charge is 2.29. The molecule has 1 aliphatic heterocycles. The maximum Gasteiger partial charge on any atom is 0.241 e. The number of hydrogen-bond donors (Lipinski definition) is 3. The second-order valence-corrected chi connectivity index (χ2v) is 9.85. The van der Waals surface area contributed by atoms with Gasteiger partial charge in [0.1, 0.15) is 11.8 Å². The third-order valence-corrected chi connectivity index (χ3v) is 6.78. The molecule has 0 bridgehead atoms. The van der Waals surface area contributed by atoms with Crippen molar-refractivity contribution in [2.24, 2.45) is 5.92 Å². The van der Waals surface area contributed by atoms with Crippen LogP contribution in [0.4, 0.5) is 5.69 Å². The molecule has 0 unspecified atom stereocenters. The molecule has 1 heterocycles. The van der Waals surface area contributed by atoms with Gasteiger partial charge in [-0.25, -0.2) is 8.42 Å². The molecule has 3 N–H and O–H groups in total. The second-order valence-electron chi connectivity index (χ2n) is 8.13. The van der Waals surface area contributed by atoms with Gasteiger partial charge < -0.3 is 15.4 Å². The summed E-state index contributed by atoms with van der Waals surface area (Å²) >= 11 is 0. The van der Waals surface area contributed by atoms with Gasteiger partial charge >= 0.3 is 0 Å². The summed E-state index contributed by atoms with van der Waals surface area (Å²) in [4.78, 5) is 24.6. The van der Waals surface area contributed by atoms with Gasteiger partial charge in [-0.3, -0.25) is 9.59 Å². The summed E-state index contributed by atoms with van der Waals surface area (Å²) in [7, 11) is -2.38. The molecule has 9 heteroatoms. The van der Waals surface area contributed by atoms with E-state index >= 15 is 0 Å². The molecule has 0 fully saturated rings. The van der Waals surface area contributed by atoms with Crippen LogP contribution in [0.3, 0.4) is 0 Å². The number of benzene rings is 2. The van der Waals surface area contributed by atoms with E-state index in [1.807, 2.05) is 24.3 Å². The number of amides is 2. The zero-order valence-corrected chi connectivity index (χ0v) is 19.3. The summed E-state index contributed by atoms with van der Waals surface area (Å²) in [6.45, 7) is 3.81. The Morgan fingerprint density at radius 2 is 1.94 bits per heavy atom. The maximum atomic E-state index is 13.1. The largest absolute Gasteiger partial charge is 0.497 e. The van der Waals surface area contributed by atoms with Gasteiger partial charge in [-0.2, -0.15) is 4.72 Å². The van der Waals surface area contributed by atoms with Crippen LogP contribution < -0.4 is 20.1 Å². The molecular formula is C23H29N3O5S. The van der Waals surface area contributed by atoms with Gasteiger partial charge in [0.25, 0.3) is 0 Å². The number of anilines is 1. The lowest BCUT2D eigenvalue weighted by Crippen LogP contribution is -2.49. The van der Waals surface area contributed by atoms with Crippen LogP contribution in [0.15, 0.2) is 47.4 Å². The first kappa shape index (κ1) is 23.7. The fraction of sp³-hybridized carbons (Fsp3) is 0.391. The van der Waals surface area contributed by atoms with Crippen molar-refractivity contribution >= 4 is 27.5 Å². The monoisotopic (exact) mass is 459 g/mol. The Bertz CT molecular complexity index is 1100. The normalized spacial score (nSPS) is 14.8. The molecule has 1 atom stereocenters. The van der Waals surface area contributed by atoms with Crippen LogP contribution in [-0.2, 0) is 32.6 Å². The van der Waals surface area contributed by atoms with E-state index in [0.717, 1.165) is 11.1 Å². The molecule has 2 amide bonds. The highest BCUT2D eigenvalue weighted by atomic mass is 32.2. The minimum absolute atomic E-state index is 0.0682. The van der Waals surface area contributed by atoms with E-state index < -0.39 is 22.0 Å². The van der Waals surface area contributed by atoms with Gasteiger partial charge in [0.15, 0.2) is 0 Å². The first-order valence-electron chi connectivity index (χ1n) is 10.6.